The van der Waals surface area contributed by atoms with Crippen LogP contribution in [0.15, 0.2) is 71.8 Å². The van der Waals surface area contributed by atoms with Crippen LogP contribution >= 0.6 is 0 Å². The van der Waals surface area contributed by atoms with Crippen molar-refractivity contribution in [3.05, 3.63) is 99.7 Å². The van der Waals surface area contributed by atoms with Gasteiger partial charge in [-0.3, -0.25) is 14.6 Å². The van der Waals surface area contributed by atoms with Crippen molar-refractivity contribution in [2.24, 2.45) is 0 Å². The standard InChI is InChI=1S/C20H16N2O4/c1-26-20(25)16-9-10-21-17(12-16)19(24)15-7-5-14(6-8-15)13-22-11-3-2-4-18(22)23/h2-12H,13H2,1H3. The van der Waals surface area contributed by atoms with Crippen LogP contribution in [0.25, 0.3) is 0 Å². The van der Waals surface area contributed by atoms with Crippen LogP contribution in [0.3, 0.4) is 0 Å². The Morgan fingerprint density at radius 2 is 1.81 bits per heavy atom. The van der Waals surface area contributed by atoms with Gasteiger partial charge < -0.3 is 9.30 Å². The number of pyridine rings is 2. The van der Waals surface area contributed by atoms with Crippen molar-refractivity contribution in [1.29, 1.82) is 0 Å². The quantitative estimate of drug-likeness (QED) is 0.522. The lowest BCUT2D eigenvalue weighted by Gasteiger charge is -2.07. The zero-order valence-corrected chi connectivity index (χ0v) is 14.1. The van der Waals surface area contributed by atoms with Crippen LogP contribution in [-0.4, -0.2) is 28.4 Å². The number of ether oxygens (including phenoxy) is 1. The number of hydrogen-bond donors (Lipinski definition) is 0. The molecule has 0 bridgehead atoms. The minimum atomic E-state index is -0.523. The fourth-order valence-corrected chi connectivity index (χ4v) is 2.50. The van der Waals surface area contributed by atoms with E-state index < -0.39 is 5.97 Å². The maximum atomic E-state index is 12.6. The first-order valence-corrected chi connectivity index (χ1v) is 7.92. The topological polar surface area (TPSA) is 78.3 Å². The van der Waals surface area contributed by atoms with Gasteiger partial charge in [-0.1, -0.05) is 30.3 Å². The van der Waals surface area contributed by atoms with E-state index in [1.807, 2.05) is 0 Å². The Labute approximate surface area is 149 Å². The highest BCUT2D eigenvalue weighted by molar-refractivity contribution is 6.08. The Balaban J connectivity index is 1.80. The third-order valence-corrected chi connectivity index (χ3v) is 3.88. The van der Waals surface area contributed by atoms with Gasteiger partial charge in [0.15, 0.2) is 0 Å². The highest BCUT2D eigenvalue weighted by Crippen LogP contribution is 2.12. The van der Waals surface area contributed by atoms with Crippen molar-refractivity contribution in [1.82, 2.24) is 9.55 Å². The molecular formula is C20H16N2O4. The van der Waals surface area contributed by atoms with E-state index in [9.17, 15) is 14.4 Å². The number of aromatic nitrogens is 2. The molecule has 26 heavy (non-hydrogen) atoms. The van der Waals surface area contributed by atoms with Gasteiger partial charge in [0, 0.05) is 24.0 Å². The molecule has 0 radical (unpaired) electrons. The molecule has 0 unspecified atom stereocenters. The van der Waals surface area contributed by atoms with Crippen LogP contribution in [-0.2, 0) is 11.3 Å². The van der Waals surface area contributed by atoms with Crippen LogP contribution in [0, 0.1) is 0 Å². The Hall–Kier alpha value is -3.54. The highest BCUT2D eigenvalue weighted by Gasteiger charge is 2.14. The van der Waals surface area contributed by atoms with Crippen molar-refractivity contribution in [3.63, 3.8) is 0 Å². The molecule has 3 rings (SSSR count). The molecule has 0 atom stereocenters. The number of rotatable bonds is 5. The molecule has 6 heteroatoms. The van der Waals surface area contributed by atoms with Gasteiger partial charge in [-0.2, -0.15) is 0 Å². The van der Waals surface area contributed by atoms with Crippen LogP contribution in [0.1, 0.15) is 32.0 Å². The van der Waals surface area contributed by atoms with E-state index in [4.69, 9.17) is 0 Å². The average molecular weight is 348 g/mol. The monoisotopic (exact) mass is 348 g/mol. The zero-order valence-electron chi connectivity index (χ0n) is 14.1. The lowest BCUT2D eigenvalue weighted by molar-refractivity contribution is 0.0600. The van der Waals surface area contributed by atoms with E-state index in [0.717, 1.165) is 5.56 Å². The van der Waals surface area contributed by atoms with Crippen molar-refractivity contribution in [3.8, 4) is 0 Å². The smallest absolute Gasteiger partial charge is 0.337 e. The molecule has 0 spiro atoms. The summed E-state index contributed by atoms with van der Waals surface area (Å²) in [5.74, 6) is -0.815. The van der Waals surface area contributed by atoms with Crippen LogP contribution < -0.4 is 5.56 Å². The number of hydrogen-bond acceptors (Lipinski definition) is 5. The van der Waals surface area contributed by atoms with Crippen LogP contribution in [0.5, 0.6) is 0 Å². The number of carbonyl (C=O) groups excluding carboxylic acids is 2. The van der Waals surface area contributed by atoms with E-state index in [2.05, 4.69) is 9.72 Å². The van der Waals surface area contributed by atoms with Gasteiger partial charge in [0.1, 0.15) is 5.69 Å². The molecule has 0 amide bonds. The number of benzene rings is 1. The zero-order chi connectivity index (χ0) is 18.5. The number of methoxy groups -OCH3 is 1. The molecule has 1 aromatic carbocycles. The molecule has 0 saturated carbocycles. The van der Waals surface area contributed by atoms with E-state index in [0.29, 0.717) is 12.1 Å². The molecule has 0 N–H and O–H groups in total. The van der Waals surface area contributed by atoms with Crippen molar-refractivity contribution in [2.75, 3.05) is 7.11 Å². The largest absolute Gasteiger partial charge is 0.465 e. The third kappa shape index (κ3) is 3.75. The first kappa shape index (κ1) is 17.3. The summed E-state index contributed by atoms with van der Waals surface area (Å²) in [5.41, 5.74) is 1.69. The van der Waals surface area contributed by atoms with E-state index >= 15 is 0 Å². The number of esters is 1. The molecule has 0 aliphatic rings. The molecule has 2 aromatic heterocycles. The number of ketones is 1. The lowest BCUT2D eigenvalue weighted by Crippen LogP contribution is -2.18. The van der Waals surface area contributed by atoms with Gasteiger partial charge in [0.2, 0.25) is 5.78 Å². The Bertz CT molecular complexity index is 1010. The SMILES string of the molecule is COC(=O)c1ccnc(C(=O)c2ccc(Cn3ccccc3=O)cc2)c1. The first-order chi connectivity index (χ1) is 12.6. The maximum Gasteiger partial charge on any atom is 0.337 e. The summed E-state index contributed by atoms with van der Waals surface area (Å²) in [6.07, 6.45) is 3.11. The van der Waals surface area contributed by atoms with Gasteiger partial charge in [0.05, 0.1) is 19.2 Å². The summed E-state index contributed by atoms with van der Waals surface area (Å²) in [4.78, 5) is 39.9. The minimum absolute atomic E-state index is 0.0866. The van der Waals surface area contributed by atoms with E-state index in [1.165, 1.54) is 31.5 Å². The second-order valence-corrected chi connectivity index (χ2v) is 5.61. The van der Waals surface area contributed by atoms with Crippen molar-refractivity contribution >= 4 is 11.8 Å². The lowest BCUT2D eigenvalue weighted by atomic mass is 10.0. The predicted molar refractivity (Wildman–Crippen MR) is 95.3 cm³/mol. The Kier molecular flexibility index (Phi) is 5.03. The molecule has 0 aliphatic carbocycles. The van der Waals surface area contributed by atoms with Crippen molar-refractivity contribution in [2.45, 2.75) is 6.54 Å². The maximum absolute atomic E-state index is 12.6. The third-order valence-electron chi connectivity index (χ3n) is 3.88. The molecular weight excluding hydrogens is 332 g/mol. The Morgan fingerprint density at radius 3 is 2.50 bits per heavy atom. The minimum Gasteiger partial charge on any atom is -0.465 e. The summed E-state index contributed by atoms with van der Waals surface area (Å²) in [5, 5.41) is 0. The normalized spacial score (nSPS) is 10.3. The average Bonchev–Trinajstić information content (AvgIpc) is 2.69. The fourth-order valence-electron chi connectivity index (χ4n) is 2.50. The molecule has 130 valence electrons. The molecule has 0 fully saturated rings. The fraction of sp³-hybridized carbons (Fsp3) is 0.100. The van der Waals surface area contributed by atoms with Gasteiger partial charge in [-0.15, -0.1) is 0 Å². The second-order valence-electron chi connectivity index (χ2n) is 5.61. The van der Waals surface area contributed by atoms with E-state index in [1.54, 1.807) is 47.2 Å². The molecule has 2 heterocycles. The number of nitrogens with zero attached hydrogens (tertiary/aromatic N) is 2. The molecule has 6 nitrogen and oxygen atoms in total. The summed E-state index contributed by atoms with van der Waals surface area (Å²) in [6.45, 7) is 0.421. The van der Waals surface area contributed by atoms with Crippen LogP contribution in [0.4, 0.5) is 0 Å². The Morgan fingerprint density at radius 1 is 1.04 bits per heavy atom. The molecule has 3 aromatic rings. The van der Waals surface area contributed by atoms with Gasteiger partial charge in [0.25, 0.3) is 5.56 Å². The van der Waals surface area contributed by atoms with E-state index in [-0.39, 0.29) is 22.6 Å². The summed E-state index contributed by atoms with van der Waals surface area (Å²) in [7, 11) is 1.28. The predicted octanol–water partition coefficient (Wildman–Crippen LogP) is 2.31. The van der Waals surface area contributed by atoms with Gasteiger partial charge in [-0.05, 0) is 23.8 Å². The number of carbonyl (C=O) groups is 2. The van der Waals surface area contributed by atoms with Gasteiger partial charge in [-0.25, -0.2) is 4.79 Å². The van der Waals surface area contributed by atoms with Crippen LogP contribution in [0.2, 0.25) is 0 Å². The molecule has 0 saturated heterocycles. The summed E-state index contributed by atoms with van der Waals surface area (Å²) in [6, 6.07) is 14.8. The second kappa shape index (κ2) is 7.57. The van der Waals surface area contributed by atoms with Crippen molar-refractivity contribution < 1.29 is 14.3 Å². The van der Waals surface area contributed by atoms with Gasteiger partial charge >= 0.3 is 5.97 Å². The highest BCUT2D eigenvalue weighted by atomic mass is 16.5. The summed E-state index contributed by atoms with van der Waals surface area (Å²) >= 11 is 0. The molecule has 0 aliphatic heterocycles. The first-order valence-electron chi connectivity index (χ1n) is 7.92. The summed E-state index contributed by atoms with van der Waals surface area (Å²) < 4.78 is 6.23.